The van der Waals surface area contributed by atoms with Crippen LogP contribution in [0.5, 0.6) is 0 Å². The van der Waals surface area contributed by atoms with Crippen molar-refractivity contribution in [3.8, 4) is 0 Å². The normalized spacial score (nSPS) is 16.0. The second-order valence-corrected chi connectivity index (χ2v) is 5.77. The number of nitrogens with one attached hydrogen (secondary N) is 1. The highest BCUT2D eigenvalue weighted by Gasteiger charge is 2.26. The van der Waals surface area contributed by atoms with Crippen molar-refractivity contribution in [2.75, 3.05) is 13.1 Å². The summed E-state index contributed by atoms with van der Waals surface area (Å²) in [5, 5.41) is 11.8. The maximum Gasteiger partial charge on any atom is 0.326 e. The Labute approximate surface area is 125 Å². The fraction of sp³-hybridized carbons (Fsp3) is 0.500. The van der Waals surface area contributed by atoms with Gasteiger partial charge in [0.05, 0.1) is 0 Å². The molecule has 0 unspecified atom stereocenters. The second kappa shape index (κ2) is 6.61. The molecular formula is C16H22N2O3. The van der Waals surface area contributed by atoms with Crippen LogP contribution in [-0.2, 0) is 17.6 Å². The van der Waals surface area contributed by atoms with E-state index in [2.05, 4.69) is 17.4 Å². The van der Waals surface area contributed by atoms with E-state index in [9.17, 15) is 9.59 Å². The first kappa shape index (κ1) is 15.4. The summed E-state index contributed by atoms with van der Waals surface area (Å²) < 4.78 is 0. The first-order valence-electron chi connectivity index (χ1n) is 7.34. The van der Waals surface area contributed by atoms with Gasteiger partial charge in [-0.25, -0.2) is 9.59 Å². The molecule has 0 saturated heterocycles. The molecule has 0 bridgehead atoms. The van der Waals surface area contributed by atoms with E-state index in [1.807, 2.05) is 12.1 Å². The molecule has 2 rings (SSSR count). The standard InChI is InChI=1S/C16H22N2O3/c1-11(2)14(15(19)20)17-16(21)18-9-7-12-5-3-4-6-13(12)8-10-18/h3-6,11,14H,7-10H2,1-2H3,(H,17,21)(H,19,20)/t14-/m1/s1. The van der Waals surface area contributed by atoms with Gasteiger partial charge in [-0.3, -0.25) is 0 Å². The smallest absolute Gasteiger partial charge is 0.326 e. The van der Waals surface area contributed by atoms with E-state index < -0.39 is 12.0 Å². The summed E-state index contributed by atoms with van der Waals surface area (Å²) in [7, 11) is 0. The molecule has 0 fully saturated rings. The molecule has 0 aromatic heterocycles. The van der Waals surface area contributed by atoms with Gasteiger partial charge >= 0.3 is 12.0 Å². The Bertz CT molecular complexity index is 501. The van der Waals surface area contributed by atoms with Crippen LogP contribution in [0.25, 0.3) is 0 Å². The average Bonchev–Trinajstić information content (AvgIpc) is 2.66. The largest absolute Gasteiger partial charge is 0.480 e. The molecule has 5 heteroatoms. The van der Waals surface area contributed by atoms with Gasteiger partial charge in [0.25, 0.3) is 0 Å². The Morgan fingerprint density at radius 3 is 2.10 bits per heavy atom. The third kappa shape index (κ3) is 3.74. The zero-order valence-corrected chi connectivity index (χ0v) is 12.5. The summed E-state index contributed by atoms with van der Waals surface area (Å²) in [6.45, 7) is 4.81. The molecule has 1 aliphatic heterocycles. The van der Waals surface area contributed by atoms with Crippen LogP contribution in [0.1, 0.15) is 25.0 Å². The third-order valence-electron chi connectivity index (χ3n) is 3.92. The number of amides is 2. The highest BCUT2D eigenvalue weighted by molar-refractivity contribution is 5.82. The molecule has 1 heterocycles. The molecule has 0 saturated carbocycles. The second-order valence-electron chi connectivity index (χ2n) is 5.77. The number of urea groups is 1. The van der Waals surface area contributed by atoms with Crippen molar-refractivity contribution in [2.45, 2.75) is 32.7 Å². The van der Waals surface area contributed by atoms with Crippen molar-refractivity contribution in [3.05, 3.63) is 35.4 Å². The summed E-state index contributed by atoms with van der Waals surface area (Å²) in [4.78, 5) is 25.2. The number of aliphatic carboxylic acids is 1. The van der Waals surface area contributed by atoms with Gasteiger partial charge in [-0.1, -0.05) is 38.1 Å². The molecule has 1 aliphatic rings. The van der Waals surface area contributed by atoms with Crippen LogP contribution in [0.15, 0.2) is 24.3 Å². The molecule has 1 atom stereocenters. The number of carboxylic acids is 1. The molecular weight excluding hydrogens is 268 g/mol. The number of hydrogen-bond acceptors (Lipinski definition) is 2. The molecule has 21 heavy (non-hydrogen) atoms. The van der Waals surface area contributed by atoms with Crippen LogP contribution in [0, 0.1) is 5.92 Å². The van der Waals surface area contributed by atoms with Crippen LogP contribution in [0.3, 0.4) is 0 Å². The van der Waals surface area contributed by atoms with Gasteiger partial charge in [0, 0.05) is 13.1 Å². The van der Waals surface area contributed by atoms with Gasteiger partial charge in [0.15, 0.2) is 0 Å². The summed E-state index contributed by atoms with van der Waals surface area (Å²) in [6.07, 6.45) is 1.62. The van der Waals surface area contributed by atoms with Crippen LogP contribution in [0.2, 0.25) is 0 Å². The number of carbonyl (C=O) groups excluding carboxylic acids is 1. The average molecular weight is 290 g/mol. The van der Waals surface area contributed by atoms with E-state index in [-0.39, 0.29) is 11.9 Å². The highest BCUT2D eigenvalue weighted by Crippen LogP contribution is 2.15. The fourth-order valence-corrected chi connectivity index (χ4v) is 2.61. The lowest BCUT2D eigenvalue weighted by Gasteiger charge is -2.25. The molecule has 0 spiro atoms. The molecule has 5 nitrogen and oxygen atoms in total. The predicted octanol–water partition coefficient (Wildman–Crippen LogP) is 1.91. The molecule has 1 aromatic carbocycles. The van der Waals surface area contributed by atoms with Gasteiger partial charge in [0.1, 0.15) is 6.04 Å². The number of carbonyl (C=O) groups is 2. The minimum absolute atomic E-state index is 0.143. The third-order valence-corrected chi connectivity index (χ3v) is 3.92. The number of benzene rings is 1. The molecule has 2 amide bonds. The Balaban J connectivity index is 2.00. The SMILES string of the molecule is CC(C)[C@@H](NC(=O)N1CCc2ccccc2CC1)C(=O)O. The monoisotopic (exact) mass is 290 g/mol. The van der Waals surface area contributed by atoms with Crippen molar-refractivity contribution < 1.29 is 14.7 Å². The fourth-order valence-electron chi connectivity index (χ4n) is 2.61. The quantitative estimate of drug-likeness (QED) is 0.893. The first-order valence-corrected chi connectivity index (χ1v) is 7.34. The van der Waals surface area contributed by atoms with Crippen LogP contribution >= 0.6 is 0 Å². The predicted molar refractivity (Wildman–Crippen MR) is 80.2 cm³/mol. The Hall–Kier alpha value is -2.04. The minimum atomic E-state index is -0.989. The maximum atomic E-state index is 12.3. The van der Waals surface area contributed by atoms with Gasteiger partial charge < -0.3 is 15.3 Å². The lowest BCUT2D eigenvalue weighted by molar-refractivity contribution is -0.140. The van der Waals surface area contributed by atoms with Crippen LogP contribution in [-0.4, -0.2) is 41.1 Å². The Kier molecular flexibility index (Phi) is 4.83. The first-order chi connectivity index (χ1) is 9.99. The zero-order chi connectivity index (χ0) is 15.4. The van der Waals surface area contributed by atoms with E-state index in [1.165, 1.54) is 11.1 Å². The highest BCUT2D eigenvalue weighted by atomic mass is 16.4. The molecule has 2 N–H and O–H groups in total. The zero-order valence-electron chi connectivity index (χ0n) is 12.5. The van der Waals surface area contributed by atoms with Crippen molar-refractivity contribution in [1.82, 2.24) is 10.2 Å². The lowest BCUT2D eigenvalue weighted by Crippen LogP contribution is -2.50. The van der Waals surface area contributed by atoms with Crippen molar-refractivity contribution in [1.29, 1.82) is 0 Å². The molecule has 0 aliphatic carbocycles. The van der Waals surface area contributed by atoms with Gasteiger partial charge in [0.2, 0.25) is 0 Å². The van der Waals surface area contributed by atoms with E-state index in [0.717, 1.165) is 12.8 Å². The summed E-state index contributed by atoms with van der Waals surface area (Å²) in [6, 6.07) is 7.06. The van der Waals surface area contributed by atoms with Crippen molar-refractivity contribution in [2.24, 2.45) is 5.92 Å². The molecule has 1 aromatic rings. The van der Waals surface area contributed by atoms with E-state index in [4.69, 9.17) is 5.11 Å². The minimum Gasteiger partial charge on any atom is -0.480 e. The van der Waals surface area contributed by atoms with E-state index in [1.54, 1.807) is 18.7 Å². The van der Waals surface area contributed by atoms with Gasteiger partial charge in [-0.2, -0.15) is 0 Å². The number of nitrogens with zero attached hydrogens (tertiary/aromatic N) is 1. The van der Waals surface area contributed by atoms with Crippen molar-refractivity contribution >= 4 is 12.0 Å². The number of carboxylic acid groups (broad SMARTS) is 1. The molecule has 0 radical (unpaired) electrons. The van der Waals surface area contributed by atoms with Gasteiger partial charge in [-0.15, -0.1) is 0 Å². The lowest BCUT2D eigenvalue weighted by atomic mass is 10.0. The van der Waals surface area contributed by atoms with Crippen molar-refractivity contribution in [3.63, 3.8) is 0 Å². The summed E-state index contributed by atoms with van der Waals surface area (Å²) in [5.41, 5.74) is 2.54. The topological polar surface area (TPSA) is 69.6 Å². The summed E-state index contributed by atoms with van der Waals surface area (Å²) in [5.74, 6) is -1.13. The number of rotatable bonds is 3. The van der Waals surface area contributed by atoms with Gasteiger partial charge in [-0.05, 0) is 29.9 Å². The number of hydrogen-bond donors (Lipinski definition) is 2. The maximum absolute atomic E-state index is 12.3. The molecule has 114 valence electrons. The van der Waals surface area contributed by atoms with E-state index >= 15 is 0 Å². The Morgan fingerprint density at radius 1 is 1.14 bits per heavy atom. The summed E-state index contributed by atoms with van der Waals surface area (Å²) >= 11 is 0. The number of fused-ring (bicyclic) bond motifs is 1. The van der Waals surface area contributed by atoms with E-state index in [0.29, 0.717) is 13.1 Å². The van der Waals surface area contributed by atoms with Crippen LogP contribution in [0.4, 0.5) is 4.79 Å². The Morgan fingerprint density at radius 2 is 1.67 bits per heavy atom. The van der Waals surface area contributed by atoms with Crippen LogP contribution < -0.4 is 5.32 Å².